The van der Waals surface area contributed by atoms with Crippen molar-refractivity contribution in [3.05, 3.63) is 91.1 Å². The second-order valence-electron chi connectivity index (χ2n) is 5.64. The van der Waals surface area contributed by atoms with E-state index in [2.05, 4.69) is 41.8 Å². The first-order chi connectivity index (χ1) is 11.2. The number of halogens is 2. The molecule has 3 heteroatoms. The number of hydrogen-bond donors (Lipinski definition) is 0. The lowest BCUT2D eigenvalue weighted by atomic mass is 9.94. The van der Waals surface area contributed by atoms with Gasteiger partial charge in [0.1, 0.15) is 0 Å². The molecule has 0 aliphatic heterocycles. The van der Waals surface area contributed by atoms with Crippen molar-refractivity contribution in [3.8, 4) is 0 Å². The number of hydrogen-bond acceptors (Lipinski definition) is 1. The third kappa shape index (κ3) is 2.85. The molecule has 0 amide bonds. The van der Waals surface area contributed by atoms with E-state index in [9.17, 15) is 0 Å². The maximum Gasteiger partial charge on any atom is 0.0493 e. The maximum absolute atomic E-state index is 6.39. The van der Waals surface area contributed by atoms with Crippen molar-refractivity contribution < 1.29 is 0 Å². The summed E-state index contributed by atoms with van der Waals surface area (Å²) in [4.78, 5) is 1.44. The summed E-state index contributed by atoms with van der Waals surface area (Å²) in [6.45, 7) is 0. The molecule has 0 fully saturated rings. The second-order valence-corrected chi connectivity index (χ2v) is 7.48. The van der Waals surface area contributed by atoms with Crippen molar-refractivity contribution in [1.82, 2.24) is 0 Å². The highest BCUT2D eigenvalue weighted by Gasteiger charge is 2.19. The summed E-state index contributed by atoms with van der Waals surface area (Å²) in [6.07, 6.45) is 4.36. The van der Waals surface area contributed by atoms with Gasteiger partial charge in [0.2, 0.25) is 0 Å². The van der Waals surface area contributed by atoms with Crippen molar-refractivity contribution in [3.63, 3.8) is 0 Å². The van der Waals surface area contributed by atoms with Gasteiger partial charge in [-0.1, -0.05) is 53.5 Å². The molecule has 0 nitrogen and oxygen atoms in total. The SMILES string of the molecule is Clc1ccc(/C=C2\c3ccccc3CCc3sccc32)c(Cl)c1. The van der Waals surface area contributed by atoms with Gasteiger partial charge in [0.05, 0.1) is 0 Å². The monoisotopic (exact) mass is 356 g/mol. The van der Waals surface area contributed by atoms with Gasteiger partial charge in [-0.15, -0.1) is 11.3 Å². The zero-order valence-corrected chi connectivity index (χ0v) is 14.7. The third-order valence-electron chi connectivity index (χ3n) is 4.23. The summed E-state index contributed by atoms with van der Waals surface area (Å²) in [5.41, 5.74) is 6.27. The minimum Gasteiger partial charge on any atom is -0.148 e. The first kappa shape index (κ1) is 15.0. The van der Waals surface area contributed by atoms with Crippen LogP contribution in [0.15, 0.2) is 53.9 Å². The highest BCUT2D eigenvalue weighted by molar-refractivity contribution is 7.10. The van der Waals surface area contributed by atoms with Gasteiger partial charge in [0.15, 0.2) is 0 Å². The van der Waals surface area contributed by atoms with Crippen molar-refractivity contribution in [1.29, 1.82) is 0 Å². The predicted molar refractivity (Wildman–Crippen MR) is 102 cm³/mol. The number of rotatable bonds is 1. The Bertz CT molecular complexity index is 906. The van der Waals surface area contributed by atoms with E-state index < -0.39 is 0 Å². The number of aryl methyl sites for hydroxylation is 2. The highest BCUT2D eigenvalue weighted by Crippen LogP contribution is 2.38. The van der Waals surface area contributed by atoms with Gasteiger partial charge < -0.3 is 0 Å². The molecular weight excluding hydrogens is 343 g/mol. The first-order valence-electron chi connectivity index (χ1n) is 7.54. The van der Waals surface area contributed by atoms with Crippen LogP contribution in [0.5, 0.6) is 0 Å². The Morgan fingerprint density at radius 3 is 2.65 bits per heavy atom. The van der Waals surface area contributed by atoms with Crippen molar-refractivity contribution in [2.45, 2.75) is 12.8 Å². The third-order valence-corrected chi connectivity index (χ3v) is 5.77. The van der Waals surface area contributed by atoms with Gasteiger partial charge in [-0.2, -0.15) is 0 Å². The van der Waals surface area contributed by atoms with Crippen LogP contribution in [0, 0.1) is 0 Å². The average Bonchev–Trinajstić information content (AvgIpc) is 2.96. The zero-order chi connectivity index (χ0) is 15.8. The molecule has 0 N–H and O–H groups in total. The molecule has 1 heterocycles. The van der Waals surface area contributed by atoms with Crippen molar-refractivity contribution in [2.75, 3.05) is 0 Å². The fourth-order valence-corrected chi connectivity index (χ4v) is 4.45. The van der Waals surface area contributed by atoms with Crippen LogP contribution in [0.25, 0.3) is 11.6 Å². The van der Waals surface area contributed by atoms with Crippen LogP contribution in [0.2, 0.25) is 10.0 Å². The summed E-state index contributed by atoms with van der Waals surface area (Å²) in [6, 6.07) is 16.5. The van der Waals surface area contributed by atoms with Crippen LogP contribution in [-0.4, -0.2) is 0 Å². The topological polar surface area (TPSA) is 0 Å². The van der Waals surface area contributed by atoms with Gasteiger partial charge >= 0.3 is 0 Å². The molecular formula is C20H14Cl2S. The quantitative estimate of drug-likeness (QED) is 0.452. The van der Waals surface area contributed by atoms with E-state index in [0.29, 0.717) is 10.0 Å². The van der Waals surface area contributed by atoms with Crippen molar-refractivity contribution >= 4 is 46.2 Å². The van der Waals surface area contributed by atoms with Crippen LogP contribution in [-0.2, 0) is 12.8 Å². The van der Waals surface area contributed by atoms with E-state index >= 15 is 0 Å². The Balaban J connectivity index is 1.95. The molecule has 0 radical (unpaired) electrons. The minimum atomic E-state index is 0.662. The standard InChI is InChI=1S/C20H14Cl2S/c21-15-7-5-14(19(22)12-15)11-18-16-4-2-1-3-13(16)6-8-20-17(18)9-10-23-20/h1-5,7,9-12H,6,8H2/b18-11+. The van der Waals surface area contributed by atoms with Gasteiger partial charge in [-0.05, 0) is 70.3 Å². The van der Waals surface area contributed by atoms with Gasteiger partial charge in [-0.3, -0.25) is 0 Å². The zero-order valence-electron chi connectivity index (χ0n) is 12.4. The van der Waals surface area contributed by atoms with Crippen LogP contribution >= 0.6 is 34.5 Å². The Morgan fingerprint density at radius 1 is 0.913 bits per heavy atom. The molecule has 1 aliphatic carbocycles. The largest absolute Gasteiger partial charge is 0.148 e. The van der Waals surface area contributed by atoms with E-state index in [1.54, 1.807) is 6.07 Å². The van der Waals surface area contributed by atoms with E-state index in [4.69, 9.17) is 23.2 Å². The van der Waals surface area contributed by atoms with Crippen LogP contribution < -0.4 is 0 Å². The van der Waals surface area contributed by atoms with Gasteiger partial charge in [0, 0.05) is 14.9 Å². The smallest absolute Gasteiger partial charge is 0.0493 e. The molecule has 0 atom stereocenters. The molecule has 23 heavy (non-hydrogen) atoms. The van der Waals surface area contributed by atoms with Gasteiger partial charge in [0.25, 0.3) is 0 Å². The number of thiophene rings is 1. The summed E-state index contributed by atoms with van der Waals surface area (Å²) in [5.74, 6) is 0. The molecule has 1 aromatic heterocycles. The number of benzene rings is 2. The van der Waals surface area contributed by atoms with Crippen LogP contribution in [0.3, 0.4) is 0 Å². The van der Waals surface area contributed by atoms with Crippen LogP contribution in [0.1, 0.15) is 27.1 Å². The summed E-state index contributed by atoms with van der Waals surface area (Å²) in [5, 5.41) is 3.52. The molecule has 2 aromatic carbocycles. The summed E-state index contributed by atoms with van der Waals surface area (Å²) >= 11 is 14.3. The molecule has 0 saturated heterocycles. The maximum atomic E-state index is 6.39. The lowest BCUT2D eigenvalue weighted by molar-refractivity contribution is 0.985. The normalized spacial score (nSPS) is 15.1. The first-order valence-corrected chi connectivity index (χ1v) is 9.18. The lowest BCUT2D eigenvalue weighted by Gasteiger charge is -2.10. The highest BCUT2D eigenvalue weighted by atomic mass is 35.5. The Morgan fingerprint density at radius 2 is 1.78 bits per heavy atom. The molecule has 114 valence electrons. The molecule has 4 rings (SSSR count). The molecule has 0 bridgehead atoms. The average molecular weight is 357 g/mol. The molecule has 0 unspecified atom stereocenters. The fraction of sp³-hybridized carbons (Fsp3) is 0.100. The fourth-order valence-electron chi connectivity index (χ4n) is 3.10. The van der Waals surface area contributed by atoms with Gasteiger partial charge in [-0.25, -0.2) is 0 Å². The lowest BCUT2D eigenvalue weighted by Crippen LogP contribution is -1.91. The van der Waals surface area contributed by atoms with E-state index in [-0.39, 0.29) is 0 Å². The van der Waals surface area contributed by atoms with E-state index in [1.807, 2.05) is 23.5 Å². The Labute approximate surface area is 150 Å². The minimum absolute atomic E-state index is 0.662. The predicted octanol–water partition coefficient (Wildman–Crippen LogP) is 6.74. The van der Waals surface area contributed by atoms with E-state index in [0.717, 1.165) is 18.4 Å². The second kappa shape index (κ2) is 6.16. The summed E-state index contributed by atoms with van der Waals surface area (Å²) < 4.78 is 0. The van der Waals surface area contributed by atoms with Crippen molar-refractivity contribution in [2.24, 2.45) is 0 Å². The molecule has 3 aromatic rings. The summed E-state index contributed by atoms with van der Waals surface area (Å²) in [7, 11) is 0. The van der Waals surface area contributed by atoms with E-state index in [1.165, 1.54) is 27.1 Å². The Kier molecular flexibility index (Phi) is 4.02. The van der Waals surface area contributed by atoms with Crippen LogP contribution in [0.4, 0.5) is 0 Å². The molecule has 1 aliphatic rings. The molecule has 0 saturated carbocycles. The molecule has 0 spiro atoms. The number of fused-ring (bicyclic) bond motifs is 2. The Hall–Kier alpha value is -1.54.